The quantitative estimate of drug-likeness (QED) is 0.326. The van der Waals surface area contributed by atoms with Gasteiger partial charge in [0.05, 0.1) is 22.6 Å². The molecule has 41 heavy (non-hydrogen) atoms. The molecule has 200 valence electrons. The Morgan fingerprint density at radius 1 is 1.00 bits per heavy atom. The highest BCUT2D eigenvalue weighted by Crippen LogP contribution is 2.22. The van der Waals surface area contributed by atoms with Crippen LogP contribution >= 0.6 is 0 Å². The number of benzene rings is 2. The van der Waals surface area contributed by atoms with Crippen molar-refractivity contribution in [3.63, 3.8) is 0 Å². The van der Waals surface area contributed by atoms with E-state index in [0.717, 1.165) is 11.3 Å². The summed E-state index contributed by atoms with van der Waals surface area (Å²) in [5.41, 5.74) is 9.47. The standard InChI is InChI=1S/C31H24N8O2/c1-19-12-13-21(18-34-19)14-15-22-8-6-11-24-25(22)31(41)39(23-9-4-3-5-10-23)28(36-24)20(2)35-30(40)26-27(32)37-38-17-7-16-33-29(26)38/h3-13,16-18,20H,1-2H3,(H2,32,37)(H,35,40)/t20-/m1/s1. The predicted molar refractivity (Wildman–Crippen MR) is 156 cm³/mol. The second kappa shape index (κ2) is 10.4. The monoisotopic (exact) mass is 540 g/mol. The van der Waals surface area contributed by atoms with E-state index in [0.29, 0.717) is 33.6 Å². The van der Waals surface area contributed by atoms with Crippen LogP contribution in [0, 0.1) is 18.8 Å². The maximum atomic E-state index is 14.2. The van der Waals surface area contributed by atoms with Crippen molar-refractivity contribution in [3.8, 4) is 17.5 Å². The van der Waals surface area contributed by atoms with E-state index in [1.54, 1.807) is 49.8 Å². The first-order valence-electron chi connectivity index (χ1n) is 12.9. The van der Waals surface area contributed by atoms with E-state index in [2.05, 4.69) is 32.2 Å². The lowest BCUT2D eigenvalue weighted by Crippen LogP contribution is -2.33. The molecule has 1 atom stereocenters. The summed E-state index contributed by atoms with van der Waals surface area (Å²) in [6.45, 7) is 3.67. The molecule has 0 unspecified atom stereocenters. The molecule has 6 aromatic rings. The molecule has 10 heteroatoms. The molecule has 0 aliphatic rings. The summed E-state index contributed by atoms with van der Waals surface area (Å²) in [5.74, 6) is 6.13. The number of aryl methyl sites for hydroxylation is 1. The van der Waals surface area contributed by atoms with Gasteiger partial charge >= 0.3 is 0 Å². The summed E-state index contributed by atoms with van der Waals surface area (Å²) in [7, 11) is 0. The fraction of sp³-hybridized carbons (Fsp3) is 0.0968. The van der Waals surface area contributed by atoms with Crippen LogP contribution in [-0.2, 0) is 0 Å². The number of carbonyl (C=O) groups is 1. The number of rotatable bonds is 4. The summed E-state index contributed by atoms with van der Waals surface area (Å²) in [5, 5.41) is 7.48. The minimum atomic E-state index is -0.689. The lowest BCUT2D eigenvalue weighted by atomic mass is 10.1. The SMILES string of the molecule is Cc1ccc(C#Cc2cccc3nc([C@@H](C)NC(=O)c4c(N)nn5cccnc45)n(-c4ccccc4)c(=O)c23)cn1. The number of fused-ring (bicyclic) bond motifs is 2. The van der Waals surface area contributed by atoms with Gasteiger partial charge in [0.1, 0.15) is 11.4 Å². The Labute approximate surface area is 234 Å². The summed E-state index contributed by atoms with van der Waals surface area (Å²) >= 11 is 0. The third-order valence-electron chi connectivity index (χ3n) is 6.58. The highest BCUT2D eigenvalue weighted by molar-refractivity contribution is 6.04. The molecule has 0 saturated heterocycles. The zero-order valence-electron chi connectivity index (χ0n) is 22.2. The van der Waals surface area contributed by atoms with E-state index < -0.39 is 11.9 Å². The van der Waals surface area contributed by atoms with Crippen molar-refractivity contribution in [2.24, 2.45) is 0 Å². The molecule has 3 N–H and O–H groups in total. The zero-order chi connectivity index (χ0) is 28.5. The lowest BCUT2D eigenvalue weighted by Gasteiger charge is -2.20. The highest BCUT2D eigenvalue weighted by atomic mass is 16.2. The number of amides is 1. The van der Waals surface area contributed by atoms with Crippen LogP contribution in [0.2, 0.25) is 0 Å². The van der Waals surface area contributed by atoms with Crippen LogP contribution in [0.4, 0.5) is 5.82 Å². The number of nitrogens with one attached hydrogen (secondary N) is 1. The Hall–Kier alpha value is -5.82. The molecular weight excluding hydrogens is 516 g/mol. The van der Waals surface area contributed by atoms with Crippen molar-refractivity contribution in [2.45, 2.75) is 19.9 Å². The van der Waals surface area contributed by atoms with Crippen LogP contribution in [0.1, 0.15) is 46.0 Å². The van der Waals surface area contributed by atoms with Gasteiger partial charge in [-0.05, 0) is 56.3 Å². The van der Waals surface area contributed by atoms with Gasteiger partial charge in [-0.15, -0.1) is 5.10 Å². The van der Waals surface area contributed by atoms with Crippen molar-refractivity contribution in [3.05, 3.63) is 124 Å². The molecule has 0 radical (unpaired) electrons. The molecule has 0 bridgehead atoms. The van der Waals surface area contributed by atoms with Gasteiger partial charge in [-0.3, -0.25) is 19.1 Å². The van der Waals surface area contributed by atoms with Crippen molar-refractivity contribution < 1.29 is 4.79 Å². The normalized spacial score (nSPS) is 11.7. The van der Waals surface area contributed by atoms with Gasteiger partial charge in [0.15, 0.2) is 11.5 Å². The van der Waals surface area contributed by atoms with Crippen LogP contribution in [0.5, 0.6) is 0 Å². The molecule has 0 saturated carbocycles. The number of nitrogen functional groups attached to an aromatic ring is 1. The Morgan fingerprint density at radius 2 is 1.83 bits per heavy atom. The molecule has 10 nitrogen and oxygen atoms in total. The van der Waals surface area contributed by atoms with E-state index in [9.17, 15) is 9.59 Å². The first-order chi connectivity index (χ1) is 19.9. The number of anilines is 1. The zero-order valence-corrected chi connectivity index (χ0v) is 22.2. The van der Waals surface area contributed by atoms with Crippen molar-refractivity contribution in [1.29, 1.82) is 0 Å². The maximum Gasteiger partial charge on any atom is 0.267 e. The van der Waals surface area contributed by atoms with Crippen LogP contribution in [0.25, 0.3) is 22.2 Å². The number of aromatic nitrogens is 6. The van der Waals surface area contributed by atoms with Gasteiger partial charge in [0, 0.05) is 35.4 Å². The molecule has 4 heterocycles. The molecule has 0 aliphatic carbocycles. The molecular formula is C31H24N8O2. The van der Waals surface area contributed by atoms with Gasteiger partial charge in [0.2, 0.25) is 0 Å². The molecule has 2 aromatic carbocycles. The third kappa shape index (κ3) is 4.77. The van der Waals surface area contributed by atoms with Crippen molar-refractivity contribution in [2.75, 3.05) is 5.73 Å². The van der Waals surface area contributed by atoms with E-state index in [-0.39, 0.29) is 16.9 Å². The van der Waals surface area contributed by atoms with Crippen LogP contribution in [0.3, 0.4) is 0 Å². The van der Waals surface area contributed by atoms with Crippen molar-refractivity contribution >= 4 is 28.3 Å². The predicted octanol–water partition coefficient (Wildman–Crippen LogP) is 3.60. The first-order valence-corrected chi connectivity index (χ1v) is 12.9. The first kappa shape index (κ1) is 25.5. The van der Waals surface area contributed by atoms with Gasteiger partial charge in [-0.25, -0.2) is 14.5 Å². The van der Waals surface area contributed by atoms with Crippen molar-refractivity contribution in [1.82, 2.24) is 34.4 Å². The van der Waals surface area contributed by atoms with Gasteiger partial charge in [0.25, 0.3) is 11.5 Å². The van der Waals surface area contributed by atoms with Crippen LogP contribution in [0.15, 0.2) is 90.1 Å². The number of para-hydroxylation sites is 1. The summed E-state index contributed by atoms with van der Waals surface area (Å²) in [6, 6.07) is 19.3. The van der Waals surface area contributed by atoms with Crippen LogP contribution in [-0.4, -0.2) is 35.0 Å². The second-order valence-corrected chi connectivity index (χ2v) is 9.43. The van der Waals surface area contributed by atoms with Crippen LogP contribution < -0.4 is 16.6 Å². The smallest absolute Gasteiger partial charge is 0.267 e. The average Bonchev–Trinajstić information content (AvgIpc) is 3.32. The summed E-state index contributed by atoms with van der Waals surface area (Å²) in [4.78, 5) is 40.9. The van der Waals surface area contributed by atoms with E-state index >= 15 is 0 Å². The van der Waals surface area contributed by atoms with E-state index in [4.69, 9.17) is 10.7 Å². The number of nitrogens with two attached hydrogens (primary N) is 1. The third-order valence-corrected chi connectivity index (χ3v) is 6.58. The highest BCUT2D eigenvalue weighted by Gasteiger charge is 2.24. The largest absolute Gasteiger partial charge is 0.381 e. The summed E-state index contributed by atoms with van der Waals surface area (Å²) < 4.78 is 2.95. The van der Waals surface area contributed by atoms with E-state index in [1.165, 1.54) is 9.08 Å². The number of carbonyl (C=O) groups excluding carboxylic acids is 1. The fourth-order valence-electron chi connectivity index (χ4n) is 4.60. The number of hydrogen-bond acceptors (Lipinski definition) is 7. The second-order valence-electron chi connectivity index (χ2n) is 9.43. The Morgan fingerprint density at radius 3 is 2.61 bits per heavy atom. The molecule has 0 aliphatic heterocycles. The average molecular weight is 541 g/mol. The molecule has 0 fully saturated rings. The van der Waals surface area contributed by atoms with Gasteiger partial charge in [-0.1, -0.05) is 36.1 Å². The summed E-state index contributed by atoms with van der Waals surface area (Å²) in [6.07, 6.45) is 4.92. The minimum absolute atomic E-state index is 0.0484. The molecule has 0 spiro atoms. The minimum Gasteiger partial charge on any atom is -0.381 e. The fourth-order valence-corrected chi connectivity index (χ4v) is 4.60. The Bertz CT molecular complexity index is 2050. The van der Waals surface area contributed by atoms with E-state index in [1.807, 2.05) is 49.4 Å². The number of nitrogens with zero attached hydrogens (tertiary/aromatic N) is 6. The number of pyridine rings is 1. The number of hydrogen-bond donors (Lipinski definition) is 2. The lowest BCUT2D eigenvalue weighted by molar-refractivity contribution is 0.0940. The van der Waals surface area contributed by atoms with Gasteiger partial charge in [-0.2, -0.15) is 0 Å². The maximum absolute atomic E-state index is 14.2. The molecule has 4 aromatic heterocycles. The topological polar surface area (TPSA) is 133 Å². The Kier molecular flexibility index (Phi) is 6.45. The molecule has 1 amide bonds. The molecule has 6 rings (SSSR count). The van der Waals surface area contributed by atoms with Gasteiger partial charge < -0.3 is 11.1 Å². The Balaban J connectivity index is 1.47.